The van der Waals surface area contributed by atoms with Crippen LogP contribution in [0.2, 0.25) is 51.4 Å². The first kappa shape index (κ1) is 77.8. The van der Waals surface area contributed by atoms with Crippen LogP contribution >= 0.6 is 0 Å². The molecule has 0 spiro atoms. The van der Waals surface area contributed by atoms with Gasteiger partial charge in [-0.3, -0.25) is 38.6 Å². The number of anilines is 4. The Morgan fingerprint density at radius 1 is 0.537 bits per heavy atom. The van der Waals surface area contributed by atoms with Crippen molar-refractivity contribution in [2.45, 2.75) is 134 Å². The predicted molar refractivity (Wildman–Crippen MR) is 425 cm³/mol. The number of benzene rings is 6. The standard InChI is InChI=1S/C83H103N9O14Si2/c1-53(2)76(86-83(99)106-50-67-63-22-16-14-20-61(63)62-21-15-17-23-64(62)67)78(94)84-54(3)77(93)85-59-28-24-55(25-29-59)57-42-70-81(97)91(51-102-38-40-107(7,8)9)68-46-74(72(100-5)44-65(68)79(95)89(70)48-57)104-36-18-13-19-37-105-75-47-69-66(45-73(75)101-6)80(96)90-49-58(43-71(90)82(98)92(69)52-103-39-41-108(10,11)12)56-26-30-60(31-27-56)88-34-32-87(4)33-35-88/h14-17,20-31,44-49,53-54,67,70-71,76H,13,18-19,32-43,50-52H2,1-12H3,(H,84,94)(H,85,93)(H,86,99)/t54-,70-,71-,76-/m0/s1. The summed E-state index contributed by atoms with van der Waals surface area (Å²) >= 11 is 0. The van der Waals surface area contributed by atoms with Crippen LogP contribution < -0.4 is 49.6 Å². The Labute approximate surface area is 635 Å². The molecule has 4 atom stereocenters. The van der Waals surface area contributed by atoms with E-state index in [2.05, 4.69) is 108 Å². The second-order valence-electron chi connectivity index (χ2n) is 31.5. The minimum absolute atomic E-state index is 0.0358. The van der Waals surface area contributed by atoms with E-state index in [9.17, 15) is 28.8 Å². The first-order chi connectivity index (χ1) is 51.8. The van der Waals surface area contributed by atoms with E-state index < -0.39 is 64.1 Å². The van der Waals surface area contributed by atoms with E-state index in [1.54, 1.807) is 85.3 Å². The van der Waals surface area contributed by atoms with Crippen molar-refractivity contribution in [2.75, 3.05) is 114 Å². The topological polar surface area (TPSA) is 240 Å². The molecule has 25 heteroatoms. The molecule has 1 aliphatic carbocycles. The normalized spacial score (nSPS) is 17.7. The van der Waals surface area contributed by atoms with Crippen LogP contribution in [-0.2, 0) is 33.4 Å². The van der Waals surface area contributed by atoms with Crippen molar-refractivity contribution in [3.8, 4) is 34.1 Å². The van der Waals surface area contributed by atoms with Gasteiger partial charge in [0.1, 0.15) is 44.2 Å². The average molecular weight is 1510 g/mol. The second kappa shape index (κ2) is 33.8. The van der Waals surface area contributed by atoms with Gasteiger partial charge in [-0.2, -0.15) is 0 Å². The first-order valence-electron chi connectivity index (χ1n) is 37.7. The SMILES string of the molecule is COc1cc2c(cc1OCCCCCOc1cc3c(cc1OC)C(=O)N1C=C(c4ccc(N5CCN(C)CC5)cc4)C[C@H]1C(=O)N3COCC[Si](C)(C)C)N(COCC[Si](C)(C)C)C(=O)[C@@H]1CC(c3ccc(NC(=O)[C@H](C)NC(=O)[C@@H](NC(=O)OCC4c5ccccc5-c5ccccc54)C(C)C)cc3)=CN1C2=O. The number of carbonyl (C=O) groups excluding carboxylic acids is 7. The first-order valence-corrected chi connectivity index (χ1v) is 45.1. The van der Waals surface area contributed by atoms with Crippen molar-refractivity contribution in [1.82, 2.24) is 25.3 Å². The number of rotatable bonds is 31. The fraction of sp³-hybridized carbons (Fsp3) is 0.434. The maximum atomic E-state index is 15.0. The molecule has 1 fully saturated rings. The van der Waals surface area contributed by atoms with Gasteiger partial charge in [0.05, 0.1) is 49.9 Å². The lowest BCUT2D eigenvalue weighted by Gasteiger charge is -2.34. The van der Waals surface area contributed by atoms with Crippen LogP contribution in [0.5, 0.6) is 23.0 Å². The molecule has 0 radical (unpaired) electrons. The van der Waals surface area contributed by atoms with Crippen molar-refractivity contribution < 1.29 is 66.7 Å². The molecule has 5 heterocycles. The molecule has 6 aromatic rings. The summed E-state index contributed by atoms with van der Waals surface area (Å²) in [6.45, 7) is 24.0. The Bertz CT molecular complexity index is 4350. The largest absolute Gasteiger partial charge is 0.493 e. The van der Waals surface area contributed by atoms with Crippen molar-refractivity contribution in [3.05, 3.63) is 167 Å². The minimum Gasteiger partial charge on any atom is -0.493 e. The third-order valence-corrected chi connectivity index (χ3v) is 24.4. The molecule has 7 amide bonds. The second-order valence-corrected chi connectivity index (χ2v) is 42.8. The van der Waals surface area contributed by atoms with Crippen molar-refractivity contribution >= 4 is 91.6 Å². The zero-order chi connectivity index (χ0) is 76.7. The fourth-order valence-electron chi connectivity index (χ4n) is 14.5. The molecule has 108 heavy (non-hydrogen) atoms. The van der Waals surface area contributed by atoms with Crippen LogP contribution in [0.15, 0.2) is 134 Å². The van der Waals surface area contributed by atoms with Gasteiger partial charge in [-0.05, 0) is 132 Å². The van der Waals surface area contributed by atoms with E-state index in [4.69, 9.17) is 33.2 Å². The molecule has 6 aromatic carbocycles. The number of methoxy groups -OCH3 is 2. The summed E-state index contributed by atoms with van der Waals surface area (Å²) in [5.41, 5.74) is 10.5. The summed E-state index contributed by atoms with van der Waals surface area (Å²) in [4.78, 5) is 111. The van der Waals surface area contributed by atoms with Crippen LogP contribution in [0.25, 0.3) is 22.3 Å². The molecule has 0 bridgehead atoms. The highest BCUT2D eigenvalue weighted by Gasteiger charge is 2.46. The highest BCUT2D eigenvalue weighted by atomic mass is 28.3. The van der Waals surface area contributed by atoms with Gasteiger partial charge in [0.2, 0.25) is 11.8 Å². The number of alkyl carbamates (subject to hydrolysis) is 1. The van der Waals surface area contributed by atoms with Gasteiger partial charge in [0.25, 0.3) is 23.6 Å². The number of amides is 7. The molecule has 1 saturated heterocycles. The quantitative estimate of drug-likeness (QED) is 0.0271. The molecule has 3 N–H and O–H groups in total. The van der Waals surface area contributed by atoms with Crippen LogP contribution in [0.3, 0.4) is 0 Å². The molecule has 12 rings (SSSR count). The summed E-state index contributed by atoms with van der Waals surface area (Å²) < 4.78 is 42.9. The Kier molecular flexibility index (Phi) is 24.3. The molecule has 6 aliphatic rings. The van der Waals surface area contributed by atoms with Gasteiger partial charge in [-0.15, -0.1) is 0 Å². The van der Waals surface area contributed by atoms with E-state index in [1.165, 1.54) is 24.0 Å². The maximum absolute atomic E-state index is 15.0. The number of likely N-dealkylation sites (N-methyl/N-ethyl adjacent to an activating group) is 1. The van der Waals surface area contributed by atoms with Crippen molar-refractivity contribution in [3.63, 3.8) is 0 Å². The molecule has 572 valence electrons. The van der Waals surface area contributed by atoms with E-state index in [0.29, 0.717) is 84.5 Å². The number of piperazine rings is 1. The smallest absolute Gasteiger partial charge is 0.407 e. The fourth-order valence-corrected chi connectivity index (χ4v) is 16.0. The van der Waals surface area contributed by atoms with Crippen LogP contribution in [0.1, 0.15) is 102 Å². The molecular formula is C83H103N9O14Si2. The lowest BCUT2D eigenvalue weighted by Crippen LogP contribution is -2.53. The van der Waals surface area contributed by atoms with E-state index in [1.807, 2.05) is 42.6 Å². The van der Waals surface area contributed by atoms with Gasteiger partial charge in [-0.25, -0.2) is 4.79 Å². The van der Waals surface area contributed by atoms with Gasteiger partial charge >= 0.3 is 6.09 Å². The highest BCUT2D eigenvalue weighted by Crippen LogP contribution is 2.47. The number of carbonyl (C=O) groups is 7. The zero-order valence-electron chi connectivity index (χ0n) is 64.3. The van der Waals surface area contributed by atoms with E-state index >= 15 is 4.79 Å². The Hall–Kier alpha value is -9.80. The lowest BCUT2D eigenvalue weighted by molar-refractivity contribution is -0.128. The van der Waals surface area contributed by atoms with E-state index in [-0.39, 0.29) is 74.8 Å². The van der Waals surface area contributed by atoms with Gasteiger partial charge in [0, 0.05) is 110 Å². The summed E-state index contributed by atoms with van der Waals surface area (Å²) in [7, 11) is 2.16. The Morgan fingerprint density at radius 2 is 1.01 bits per heavy atom. The Morgan fingerprint density at radius 3 is 1.47 bits per heavy atom. The molecule has 0 saturated carbocycles. The lowest BCUT2D eigenvalue weighted by atomic mass is 9.98. The molecule has 5 aliphatic heterocycles. The molecule has 0 unspecified atom stereocenters. The predicted octanol–water partition coefficient (Wildman–Crippen LogP) is 12.9. The number of hydrogen-bond donors (Lipinski definition) is 3. The third-order valence-electron chi connectivity index (χ3n) is 21.0. The van der Waals surface area contributed by atoms with Crippen molar-refractivity contribution in [1.29, 1.82) is 0 Å². The zero-order valence-corrected chi connectivity index (χ0v) is 66.3. The molecular weight excluding hydrogens is 1400 g/mol. The van der Waals surface area contributed by atoms with Crippen LogP contribution in [-0.4, -0.2) is 190 Å². The monoisotopic (exact) mass is 1510 g/mol. The van der Waals surface area contributed by atoms with Crippen LogP contribution in [0.4, 0.5) is 27.5 Å². The van der Waals surface area contributed by atoms with Gasteiger partial charge in [0.15, 0.2) is 23.0 Å². The molecule has 23 nitrogen and oxygen atoms in total. The summed E-state index contributed by atoms with van der Waals surface area (Å²) in [5, 5.41) is 8.35. The van der Waals surface area contributed by atoms with Crippen molar-refractivity contribution in [2.24, 2.45) is 5.92 Å². The summed E-state index contributed by atoms with van der Waals surface area (Å²) in [6, 6.07) is 36.3. The van der Waals surface area contributed by atoms with Gasteiger partial charge < -0.3 is 68.7 Å². The van der Waals surface area contributed by atoms with E-state index in [0.717, 1.165) is 88.5 Å². The Balaban J connectivity index is 0.667. The van der Waals surface area contributed by atoms with Crippen LogP contribution in [0, 0.1) is 5.92 Å². The average Bonchev–Trinajstić information content (AvgIpc) is 1.64. The van der Waals surface area contributed by atoms with Gasteiger partial charge in [-0.1, -0.05) is 126 Å². The minimum atomic E-state index is -1.53. The third kappa shape index (κ3) is 17.8. The molecule has 0 aromatic heterocycles. The number of nitrogens with zero attached hydrogens (tertiary/aromatic N) is 6. The maximum Gasteiger partial charge on any atom is 0.407 e. The highest BCUT2D eigenvalue weighted by molar-refractivity contribution is 6.76. The number of unbranched alkanes of at least 4 members (excludes halogenated alkanes) is 2. The number of nitrogens with one attached hydrogen (secondary N) is 3. The number of ether oxygens (including phenoxy) is 7. The summed E-state index contributed by atoms with van der Waals surface area (Å²) in [5.74, 6) is -1.44. The number of fused-ring (bicyclic) bond motifs is 7. The number of hydrogen-bond acceptors (Lipinski definition) is 16. The summed E-state index contributed by atoms with van der Waals surface area (Å²) in [6.07, 6.45) is 5.22.